The summed E-state index contributed by atoms with van der Waals surface area (Å²) in [6.45, 7) is 0. The van der Waals surface area contributed by atoms with Gasteiger partial charge in [-0.2, -0.15) is 0 Å². The van der Waals surface area contributed by atoms with Gasteiger partial charge in [0.25, 0.3) is 0 Å². The van der Waals surface area contributed by atoms with Gasteiger partial charge in [0.05, 0.1) is 34.0 Å². The van der Waals surface area contributed by atoms with Crippen LogP contribution in [0.2, 0.25) is 5.02 Å². The molecule has 0 saturated heterocycles. The first-order chi connectivity index (χ1) is 12.6. The van der Waals surface area contributed by atoms with E-state index in [1.54, 1.807) is 38.7 Å². The molecule has 0 saturated carbocycles. The molecular weight excluding hydrogens is 358 g/mol. The predicted molar refractivity (Wildman–Crippen MR) is 98.6 cm³/mol. The number of hydrogen-bond acceptors (Lipinski definition) is 6. The number of aromatic nitrogens is 1. The van der Waals surface area contributed by atoms with Gasteiger partial charge in [0.15, 0.2) is 11.5 Å². The van der Waals surface area contributed by atoms with Crippen LogP contribution in [0.5, 0.6) is 23.0 Å². The quantitative estimate of drug-likeness (QED) is 0.622. The summed E-state index contributed by atoms with van der Waals surface area (Å²) >= 11 is 5.98. The van der Waals surface area contributed by atoms with E-state index in [0.717, 1.165) is 11.1 Å². The molecule has 0 radical (unpaired) electrons. The Balaban J connectivity index is 2.25. The third-order valence-corrected chi connectivity index (χ3v) is 4.22. The minimum Gasteiger partial charge on any atom is -0.493 e. The van der Waals surface area contributed by atoms with Crippen molar-refractivity contribution in [3.63, 3.8) is 0 Å². The lowest BCUT2D eigenvalue weighted by Crippen LogP contribution is -2.00. The average Bonchev–Trinajstić information content (AvgIpc) is 3.16. The lowest BCUT2D eigenvalue weighted by atomic mass is 10.00. The fraction of sp³-hybridized carbons (Fsp3) is 0.211. The van der Waals surface area contributed by atoms with Crippen LogP contribution in [-0.2, 0) is 0 Å². The summed E-state index contributed by atoms with van der Waals surface area (Å²) in [7, 11) is 6.19. The first-order valence-corrected chi connectivity index (χ1v) is 8.10. The van der Waals surface area contributed by atoms with Gasteiger partial charge >= 0.3 is 0 Å². The molecule has 3 aromatic rings. The third-order valence-electron chi connectivity index (χ3n) is 3.97. The summed E-state index contributed by atoms with van der Waals surface area (Å²) in [5, 5.41) is 4.78. The monoisotopic (exact) mass is 375 g/mol. The molecule has 1 heterocycles. The maximum Gasteiger partial charge on any atom is 0.207 e. The molecule has 0 aliphatic carbocycles. The highest BCUT2D eigenvalue weighted by Crippen LogP contribution is 2.51. The Morgan fingerprint density at radius 3 is 2.04 bits per heavy atom. The molecular formula is C19H18ClNO5. The van der Waals surface area contributed by atoms with Crippen molar-refractivity contribution in [2.75, 3.05) is 28.4 Å². The van der Waals surface area contributed by atoms with Gasteiger partial charge in [-0.05, 0) is 18.2 Å². The number of ether oxygens (including phenoxy) is 4. The highest BCUT2D eigenvalue weighted by atomic mass is 35.5. The highest BCUT2D eigenvalue weighted by molar-refractivity contribution is 6.30. The van der Waals surface area contributed by atoms with Gasteiger partial charge < -0.3 is 23.5 Å². The fourth-order valence-electron chi connectivity index (χ4n) is 2.78. The largest absolute Gasteiger partial charge is 0.493 e. The lowest BCUT2D eigenvalue weighted by molar-refractivity contribution is 0.306. The van der Waals surface area contributed by atoms with Crippen molar-refractivity contribution in [1.29, 1.82) is 0 Å². The summed E-state index contributed by atoms with van der Waals surface area (Å²) < 4.78 is 27.2. The van der Waals surface area contributed by atoms with Crippen molar-refractivity contribution >= 4 is 11.6 Å². The van der Waals surface area contributed by atoms with E-state index in [4.69, 9.17) is 35.1 Å². The fourth-order valence-corrected chi connectivity index (χ4v) is 2.90. The molecule has 0 atom stereocenters. The van der Waals surface area contributed by atoms with Crippen LogP contribution in [0, 0.1) is 0 Å². The minimum absolute atomic E-state index is 0.424. The van der Waals surface area contributed by atoms with E-state index in [9.17, 15) is 0 Å². The van der Waals surface area contributed by atoms with Crippen molar-refractivity contribution in [1.82, 2.24) is 5.16 Å². The Labute approximate surface area is 156 Å². The molecule has 0 unspecified atom stereocenters. The Kier molecular flexibility index (Phi) is 5.23. The van der Waals surface area contributed by atoms with Crippen LogP contribution in [0.25, 0.3) is 22.4 Å². The third kappa shape index (κ3) is 3.04. The molecule has 0 spiro atoms. The van der Waals surface area contributed by atoms with E-state index in [0.29, 0.717) is 39.3 Å². The Morgan fingerprint density at radius 1 is 0.808 bits per heavy atom. The van der Waals surface area contributed by atoms with Gasteiger partial charge in [0, 0.05) is 16.1 Å². The number of benzene rings is 2. The van der Waals surface area contributed by atoms with Gasteiger partial charge in [-0.15, -0.1) is 0 Å². The van der Waals surface area contributed by atoms with Gasteiger partial charge in [-0.1, -0.05) is 28.9 Å². The Hall–Kier alpha value is -2.86. The predicted octanol–water partition coefficient (Wildman–Crippen LogP) is 4.70. The molecule has 1 aromatic heterocycles. The van der Waals surface area contributed by atoms with Gasteiger partial charge in [-0.25, -0.2) is 0 Å². The lowest BCUT2D eigenvalue weighted by Gasteiger charge is -2.18. The number of nitrogens with zero attached hydrogens (tertiary/aromatic N) is 1. The Morgan fingerprint density at radius 2 is 1.46 bits per heavy atom. The van der Waals surface area contributed by atoms with Crippen LogP contribution in [-0.4, -0.2) is 33.6 Å². The SMILES string of the molecule is COc1cc(-c2conc2-c2ccc(Cl)cc2)c(OC)c(OC)c1OC. The molecule has 7 heteroatoms. The second kappa shape index (κ2) is 7.58. The smallest absolute Gasteiger partial charge is 0.207 e. The van der Waals surface area contributed by atoms with Crippen LogP contribution in [0.3, 0.4) is 0 Å². The van der Waals surface area contributed by atoms with Crippen LogP contribution < -0.4 is 18.9 Å². The zero-order valence-corrected chi connectivity index (χ0v) is 15.6. The number of methoxy groups -OCH3 is 4. The van der Waals surface area contributed by atoms with E-state index in [-0.39, 0.29) is 0 Å². The van der Waals surface area contributed by atoms with Crippen LogP contribution in [0.4, 0.5) is 0 Å². The van der Waals surface area contributed by atoms with Crippen molar-refractivity contribution in [2.45, 2.75) is 0 Å². The number of rotatable bonds is 6. The maximum atomic E-state index is 5.98. The Bertz CT molecular complexity index is 905. The van der Waals surface area contributed by atoms with Crippen molar-refractivity contribution in [3.8, 4) is 45.4 Å². The summed E-state index contributed by atoms with van der Waals surface area (Å²) in [5.41, 5.74) is 2.93. The zero-order valence-electron chi connectivity index (χ0n) is 14.8. The van der Waals surface area contributed by atoms with E-state index < -0.39 is 0 Å². The molecule has 0 aliphatic heterocycles. The van der Waals surface area contributed by atoms with Crippen molar-refractivity contribution < 1.29 is 23.5 Å². The first kappa shape index (κ1) is 17.9. The molecule has 136 valence electrons. The normalized spacial score (nSPS) is 10.5. The molecule has 0 fully saturated rings. The van der Waals surface area contributed by atoms with E-state index >= 15 is 0 Å². The second-order valence-corrected chi connectivity index (χ2v) is 5.75. The van der Waals surface area contributed by atoms with E-state index in [2.05, 4.69) is 5.16 Å². The van der Waals surface area contributed by atoms with E-state index in [1.165, 1.54) is 14.2 Å². The summed E-state index contributed by atoms with van der Waals surface area (Å²) in [5.74, 6) is 1.86. The molecule has 0 N–H and O–H groups in total. The zero-order chi connectivity index (χ0) is 18.7. The first-order valence-electron chi connectivity index (χ1n) is 7.72. The van der Waals surface area contributed by atoms with Crippen LogP contribution in [0.1, 0.15) is 0 Å². The topological polar surface area (TPSA) is 63.0 Å². The van der Waals surface area contributed by atoms with Gasteiger partial charge in [-0.3, -0.25) is 0 Å². The standard InChI is InChI=1S/C19H18ClNO5/c1-22-15-9-13(17(23-2)19(25-4)18(15)24-3)14-10-26-21-16(14)11-5-7-12(20)8-6-11/h5-10H,1-4H3. The molecule has 0 aliphatic rings. The van der Waals surface area contributed by atoms with Gasteiger partial charge in [0.2, 0.25) is 11.5 Å². The maximum absolute atomic E-state index is 5.98. The van der Waals surface area contributed by atoms with Crippen molar-refractivity contribution in [3.05, 3.63) is 41.6 Å². The minimum atomic E-state index is 0.424. The molecule has 6 nitrogen and oxygen atoms in total. The second-order valence-electron chi connectivity index (χ2n) is 5.31. The molecule has 2 aromatic carbocycles. The molecule has 0 amide bonds. The summed E-state index contributed by atoms with van der Waals surface area (Å²) in [4.78, 5) is 0. The number of halogens is 1. The van der Waals surface area contributed by atoms with E-state index in [1.807, 2.05) is 12.1 Å². The molecule has 3 rings (SSSR count). The highest BCUT2D eigenvalue weighted by Gasteiger charge is 2.25. The average molecular weight is 376 g/mol. The number of hydrogen-bond donors (Lipinski definition) is 0. The van der Waals surface area contributed by atoms with Crippen LogP contribution >= 0.6 is 11.6 Å². The van der Waals surface area contributed by atoms with Gasteiger partial charge in [0.1, 0.15) is 12.0 Å². The summed E-state index contributed by atoms with van der Waals surface area (Å²) in [6.07, 6.45) is 1.55. The summed E-state index contributed by atoms with van der Waals surface area (Å²) in [6, 6.07) is 9.12. The van der Waals surface area contributed by atoms with Crippen molar-refractivity contribution in [2.24, 2.45) is 0 Å². The van der Waals surface area contributed by atoms with Crippen LogP contribution in [0.15, 0.2) is 41.1 Å². The molecule has 0 bridgehead atoms. The molecule has 26 heavy (non-hydrogen) atoms.